The van der Waals surface area contributed by atoms with Gasteiger partial charge >= 0.3 is 0 Å². The summed E-state index contributed by atoms with van der Waals surface area (Å²) in [4.78, 5) is 0. The van der Waals surface area contributed by atoms with Crippen molar-refractivity contribution in [3.05, 3.63) is 0 Å². The van der Waals surface area contributed by atoms with Gasteiger partial charge in [-0.25, -0.2) is 0 Å². The number of aliphatic hydroxyl groups excluding tert-OH is 1. The zero-order valence-electron chi connectivity index (χ0n) is 16.8. The predicted molar refractivity (Wildman–Crippen MR) is 104 cm³/mol. The first kappa shape index (κ1) is 18.3. The highest BCUT2D eigenvalue weighted by atomic mass is 16.3. The maximum atomic E-state index is 11.2. The molecule has 4 rings (SSSR count). The molecule has 0 heterocycles. The second-order valence-corrected chi connectivity index (χ2v) is 10.8. The third-order valence-corrected chi connectivity index (χ3v) is 9.98. The maximum Gasteiger partial charge on any atom is 0.0577 e. The first-order valence-electron chi connectivity index (χ1n) is 11.3. The van der Waals surface area contributed by atoms with Gasteiger partial charge in [-0.15, -0.1) is 0 Å². The monoisotopic (exact) mass is 347 g/mol. The van der Waals surface area contributed by atoms with E-state index in [1.54, 1.807) is 0 Å². The Bertz CT molecular complexity index is 492. The van der Waals surface area contributed by atoms with E-state index in [1.165, 1.54) is 57.8 Å². The van der Waals surface area contributed by atoms with Gasteiger partial charge in [0, 0.05) is 0 Å². The molecule has 0 amide bonds. The molecule has 0 aromatic carbocycles. The molecule has 4 fully saturated rings. The van der Waals surface area contributed by atoms with E-state index in [0.29, 0.717) is 16.7 Å². The van der Waals surface area contributed by atoms with Gasteiger partial charge in [0.1, 0.15) is 0 Å². The summed E-state index contributed by atoms with van der Waals surface area (Å²) in [6, 6.07) is 0. The van der Waals surface area contributed by atoms with Gasteiger partial charge in [0.25, 0.3) is 0 Å². The van der Waals surface area contributed by atoms with Crippen LogP contribution in [0.1, 0.15) is 85.0 Å². The van der Waals surface area contributed by atoms with Crippen LogP contribution in [0.4, 0.5) is 0 Å². The van der Waals surface area contributed by atoms with Crippen LogP contribution in [-0.2, 0) is 0 Å². The van der Waals surface area contributed by atoms with Crippen LogP contribution in [0.15, 0.2) is 0 Å². The Morgan fingerprint density at radius 3 is 2.52 bits per heavy atom. The Morgan fingerprint density at radius 2 is 1.76 bits per heavy atom. The molecule has 0 aromatic rings. The SMILES string of the molecule is C[C@H](CCN)C1CCC2C3C(O)CC4CCCCC4(C)C3CCC21C. The van der Waals surface area contributed by atoms with E-state index in [9.17, 15) is 5.11 Å². The van der Waals surface area contributed by atoms with Crippen molar-refractivity contribution in [3.63, 3.8) is 0 Å². The summed E-state index contributed by atoms with van der Waals surface area (Å²) in [5.74, 6) is 4.47. The minimum absolute atomic E-state index is 0.0330. The molecule has 0 spiro atoms. The lowest BCUT2D eigenvalue weighted by atomic mass is 9.44. The van der Waals surface area contributed by atoms with Crippen LogP contribution in [0.5, 0.6) is 0 Å². The molecule has 0 aromatic heterocycles. The highest BCUT2D eigenvalue weighted by Crippen LogP contribution is 2.68. The molecular formula is C23H41NO. The molecule has 144 valence electrons. The molecule has 4 aliphatic carbocycles. The summed E-state index contributed by atoms with van der Waals surface area (Å²) in [5.41, 5.74) is 6.86. The molecule has 0 radical (unpaired) electrons. The molecular weight excluding hydrogens is 306 g/mol. The van der Waals surface area contributed by atoms with Crippen molar-refractivity contribution in [2.24, 2.45) is 52.1 Å². The Morgan fingerprint density at radius 1 is 1.00 bits per heavy atom. The molecule has 4 aliphatic rings. The van der Waals surface area contributed by atoms with E-state index in [1.807, 2.05) is 0 Å². The van der Waals surface area contributed by atoms with Gasteiger partial charge in [-0.3, -0.25) is 0 Å². The summed E-state index contributed by atoms with van der Waals surface area (Å²) in [5, 5.41) is 11.2. The van der Waals surface area contributed by atoms with Crippen LogP contribution in [0.2, 0.25) is 0 Å². The third-order valence-electron chi connectivity index (χ3n) is 9.98. The standard InChI is InChI=1S/C23H41NO/c1-15(10-13-24)17-7-8-18-21-19(9-12-23(17,18)3)22(2)11-5-4-6-16(22)14-20(21)25/h15-21,25H,4-14,24H2,1-3H3/t15-,16?,17?,18?,19?,20?,21?,22?,23?/m1/s1. The van der Waals surface area contributed by atoms with Crippen molar-refractivity contribution in [2.75, 3.05) is 6.54 Å². The number of fused-ring (bicyclic) bond motifs is 5. The maximum absolute atomic E-state index is 11.2. The normalized spacial score (nSPS) is 53.6. The third kappa shape index (κ3) is 2.64. The number of nitrogens with two attached hydrogens (primary N) is 1. The second kappa shape index (κ2) is 6.51. The van der Waals surface area contributed by atoms with Crippen LogP contribution in [0.25, 0.3) is 0 Å². The average Bonchev–Trinajstić information content (AvgIpc) is 2.93. The van der Waals surface area contributed by atoms with Gasteiger partial charge in [-0.1, -0.05) is 33.6 Å². The lowest BCUT2D eigenvalue weighted by molar-refractivity contribution is -0.164. The quantitative estimate of drug-likeness (QED) is 0.755. The second-order valence-electron chi connectivity index (χ2n) is 10.8. The number of rotatable bonds is 3. The Kier molecular flexibility index (Phi) is 4.77. The van der Waals surface area contributed by atoms with E-state index in [4.69, 9.17) is 5.73 Å². The summed E-state index contributed by atoms with van der Waals surface area (Å²) in [6.45, 7) is 8.45. The van der Waals surface area contributed by atoms with Crippen molar-refractivity contribution in [3.8, 4) is 0 Å². The minimum atomic E-state index is -0.0330. The van der Waals surface area contributed by atoms with E-state index < -0.39 is 0 Å². The molecule has 2 heteroatoms. The fraction of sp³-hybridized carbons (Fsp3) is 1.00. The lowest BCUT2D eigenvalue weighted by Gasteiger charge is -2.62. The molecule has 2 nitrogen and oxygen atoms in total. The summed E-state index contributed by atoms with van der Waals surface area (Å²) in [7, 11) is 0. The Balaban J connectivity index is 1.61. The minimum Gasteiger partial charge on any atom is -0.393 e. The van der Waals surface area contributed by atoms with Crippen LogP contribution in [0, 0.1) is 46.3 Å². The first-order chi connectivity index (χ1) is 11.9. The van der Waals surface area contributed by atoms with Crippen LogP contribution >= 0.6 is 0 Å². The van der Waals surface area contributed by atoms with Gasteiger partial charge in [-0.05, 0) is 104 Å². The Hall–Kier alpha value is -0.0800. The first-order valence-corrected chi connectivity index (χ1v) is 11.3. The van der Waals surface area contributed by atoms with Crippen molar-refractivity contribution in [1.29, 1.82) is 0 Å². The fourth-order valence-corrected chi connectivity index (χ4v) is 8.69. The molecule has 25 heavy (non-hydrogen) atoms. The molecule has 3 N–H and O–H groups in total. The van der Waals surface area contributed by atoms with E-state index in [0.717, 1.165) is 42.6 Å². The lowest BCUT2D eigenvalue weighted by Crippen LogP contribution is -2.57. The fourth-order valence-electron chi connectivity index (χ4n) is 8.69. The molecule has 4 saturated carbocycles. The largest absolute Gasteiger partial charge is 0.393 e. The van der Waals surface area contributed by atoms with Gasteiger partial charge in [0.05, 0.1) is 6.10 Å². The zero-order chi connectivity index (χ0) is 17.8. The Labute approximate surface area is 155 Å². The van der Waals surface area contributed by atoms with Gasteiger partial charge < -0.3 is 10.8 Å². The molecule has 0 bridgehead atoms. The zero-order valence-corrected chi connectivity index (χ0v) is 16.8. The highest BCUT2D eigenvalue weighted by Gasteiger charge is 2.62. The number of hydrogen-bond acceptors (Lipinski definition) is 2. The van der Waals surface area contributed by atoms with E-state index >= 15 is 0 Å². The van der Waals surface area contributed by atoms with Crippen molar-refractivity contribution >= 4 is 0 Å². The number of aliphatic hydroxyl groups is 1. The van der Waals surface area contributed by atoms with E-state index in [-0.39, 0.29) is 6.10 Å². The van der Waals surface area contributed by atoms with Crippen molar-refractivity contribution in [1.82, 2.24) is 0 Å². The van der Waals surface area contributed by atoms with Gasteiger partial charge in [-0.2, -0.15) is 0 Å². The highest BCUT2D eigenvalue weighted by molar-refractivity contribution is 5.11. The van der Waals surface area contributed by atoms with E-state index in [2.05, 4.69) is 20.8 Å². The van der Waals surface area contributed by atoms with Crippen LogP contribution in [0.3, 0.4) is 0 Å². The average molecular weight is 348 g/mol. The van der Waals surface area contributed by atoms with Crippen molar-refractivity contribution < 1.29 is 5.11 Å². The molecule has 0 saturated heterocycles. The topological polar surface area (TPSA) is 46.2 Å². The van der Waals surface area contributed by atoms with Crippen molar-refractivity contribution in [2.45, 2.75) is 91.1 Å². The predicted octanol–water partition coefficient (Wildman–Crippen LogP) is 4.99. The molecule has 0 aliphatic heterocycles. The smallest absolute Gasteiger partial charge is 0.0577 e. The number of hydrogen-bond donors (Lipinski definition) is 2. The summed E-state index contributed by atoms with van der Waals surface area (Å²) >= 11 is 0. The van der Waals surface area contributed by atoms with Gasteiger partial charge in [0.2, 0.25) is 0 Å². The van der Waals surface area contributed by atoms with Crippen LogP contribution < -0.4 is 5.73 Å². The summed E-state index contributed by atoms with van der Waals surface area (Å²) in [6.07, 6.45) is 13.3. The summed E-state index contributed by atoms with van der Waals surface area (Å²) < 4.78 is 0. The van der Waals surface area contributed by atoms with Gasteiger partial charge in [0.15, 0.2) is 0 Å². The van der Waals surface area contributed by atoms with Crippen LogP contribution in [-0.4, -0.2) is 17.8 Å². The molecule has 9 atom stereocenters. The molecule has 8 unspecified atom stereocenters.